The number of aliphatic carboxylic acids is 1. The van der Waals surface area contributed by atoms with Crippen LogP contribution in [0.15, 0.2) is 24.3 Å². The molecule has 128 valence electrons. The van der Waals surface area contributed by atoms with Gasteiger partial charge in [-0.2, -0.15) is 0 Å². The van der Waals surface area contributed by atoms with Gasteiger partial charge in [-0.25, -0.2) is 4.79 Å². The van der Waals surface area contributed by atoms with Gasteiger partial charge in [0.25, 0.3) is 0 Å². The lowest BCUT2D eigenvalue weighted by Crippen LogP contribution is -2.44. The van der Waals surface area contributed by atoms with Crippen molar-refractivity contribution in [2.24, 2.45) is 5.73 Å². The molecular formula is C16H25N3O4. The molecule has 0 aliphatic carbocycles. The van der Waals surface area contributed by atoms with Crippen LogP contribution in [-0.4, -0.2) is 43.2 Å². The average molecular weight is 323 g/mol. The van der Waals surface area contributed by atoms with Gasteiger partial charge >= 0.3 is 5.97 Å². The molecule has 7 nitrogen and oxygen atoms in total. The van der Waals surface area contributed by atoms with Gasteiger partial charge in [0.15, 0.2) is 0 Å². The quantitative estimate of drug-likeness (QED) is 0.441. The number of carbonyl (C=O) groups is 2. The number of hydrogen-bond acceptors (Lipinski definition) is 5. The summed E-state index contributed by atoms with van der Waals surface area (Å²) in [7, 11) is 1.60. The Morgan fingerprint density at radius 2 is 1.96 bits per heavy atom. The van der Waals surface area contributed by atoms with E-state index in [0.717, 1.165) is 17.7 Å². The van der Waals surface area contributed by atoms with Gasteiger partial charge in [-0.15, -0.1) is 0 Å². The zero-order chi connectivity index (χ0) is 17.1. The van der Waals surface area contributed by atoms with E-state index >= 15 is 0 Å². The second kappa shape index (κ2) is 10.6. The fourth-order valence-corrected chi connectivity index (χ4v) is 2.06. The lowest BCUT2D eigenvalue weighted by Gasteiger charge is -2.14. The predicted molar refractivity (Wildman–Crippen MR) is 87.2 cm³/mol. The minimum atomic E-state index is -1.02. The molecule has 1 unspecified atom stereocenters. The first-order valence-corrected chi connectivity index (χ1v) is 7.62. The van der Waals surface area contributed by atoms with Crippen LogP contribution in [0, 0.1) is 0 Å². The number of carbonyl (C=O) groups excluding carboxylic acids is 1. The summed E-state index contributed by atoms with van der Waals surface area (Å²) in [6.07, 6.45) is 1.80. The summed E-state index contributed by atoms with van der Waals surface area (Å²) in [5.74, 6) is -0.586. The van der Waals surface area contributed by atoms with Crippen LogP contribution >= 0.6 is 0 Å². The van der Waals surface area contributed by atoms with Crippen LogP contribution < -0.4 is 21.1 Å². The molecule has 1 aromatic carbocycles. The first-order valence-electron chi connectivity index (χ1n) is 7.62. The van der Waals surface area contributed by atoms with E-state index in [4.69, 9.17) is 15.6 Å². The molecule has 0 spiro atoms. The van der Waals surface area contributed by atoms with E-state index in [1.807, 2.05) is 24.3 Å². The number of methoxy groups -OCH3 is 1. The van der Waals surface area contributed by atoms with Crippen molar-refractivity contribution in [2.75, 3.05) is 20.2 Å². The number of unbranched alkanes of at least 4 members (excludes halogenated alkanes) is 1. The number of amides is 1. The molecule has 0 saturated carbocycles. The molecule has 1 aromatic rings. The number of hydrogen-bond donors (Lipinski definition) is 4. The van der Waals surface area contributed by atoms with Gasteiger partial charge in [-0.1, -0.05) is 12.1 Å². The molecular weight excluding hydrogens is 298 g/mol. The lowest BCUT2D eigenvalue weighted by atomic mass is 10.1. The summed E-state index contributed by atoms with van der Waals surface area (Å²) in [5, 5.41) is 14.6. The van der Waals surface area contributed by atoms with E-state index in [0.29, 0.717) is 25.9 Å². The smallest absolute Gasteiger partial charge is 0.326 e. The molecule has 0 aromatic heterocycles. The molecule has 1 amide bonds. The maximum atomic E-state index is 11.8. The monoisotopic (exact) mass is 323 g/mol. The molecule has 0 heterocycles. The van der Waals surface area contributed by atoms with Crippen LogP contribution in [-0.2, 0) is 16.1 Å². The molecule has 0 saturated heterocycles. The van der Waals surface area contributed by atoms with Crippen molar-refractivity contribution in [1.82, 2.24) is 10.6 Å². The summed E-state index contributed by atoms with van der Waals surface area (Å²) in [6, 6.07) is 6.62. The molecule has 0 fully saturated rings. The number of rotatable bonds is 11. The van der Waals surface area contributed by atoms with Crippen LogP contribution in [0.5, 0.6) is 5.75 Å². The van der Waals surface area contributed by atoms with Gasteiger partial charge in [0.1, 0.15) is 11.8 Å². The van der Waals surface area contributed by atoms with Crippen LogP contribution in [0.2, 0.25) is 0 Å². The lowest BCUT2D eigenvalue weighted by molar-refractivity contribution is -0.141. The summed E-state index contributed by atoms with van der Waals surface area (Å²) in [5.41, 5.74) is 6.39. The van der Waals surface area contributed by atoms with E-state index in [9.17, 15) is 9.59 Å². The first kappa shape index (κ1) is 18.9. The Morgan fingerprint density at radius 3 is 2.52 bits per heavy atom. The van der Waals surface area contributed by atoms with E-state index in [1.165, 1.54) is 0 Å². The Balaban J connectivity index is 2.32. The molecule has 0 aliphatic heterocycles. The molecule has 1 rings (SSSR count). The number of nitrogens with two attached hydrogens (primary N) is 1. The highest BCUT2D eigenvalue weighted by atomic mass is 16.5. The molecule has 0 bridgehead atoms. The average Bonchev–Trinajstić information content (AvgIpc) is 2.54. The van der Waals surface area contributed by atoms with Crippen LogP contribution in [0.3, 0.4) is 0 Å². The summed E-state index contributed by atoms with van der Waals surface area (Å²) in [4.78, 5) is 22.9. The minimum absolute atomic E-state index is 0.0622. The van der Waals surface area contributed by atoms with Gasteiger partial charge in [-0.3, -0.25) is 4.79 Å². The molecule has 0 radical (unpaired) electrons. The normalized spacial score (nSPS) is 11.7. The predicted octanol–water partition coefficient (Wildman–Crippen LogP) is 0.483. The third-order valence-electron chi connectivity index (χ3n) is 3.35. The molecule has 5 N–H and O–H groups in total. The molecule has 1 atom stereocenters. The highest BCUT2D eigenvalue weighted by molar-refractivity contribution is 5.84. The van der Waals surface area contributed by atoms with Crippen molar-refractivity contribution in [3.8, 4) is 5.75 Å². The highest BCUT2D eigenvalue weighted by Crippen LogP contribution is 2.10. The summed E-state index contributed by atoms with van der Waals surface area (Å²) < 4.78 is 5.07. The van der Waals surface area contributed by atoms with Gasteiger partial charge in [0.05, 0.1) is 13.7 Å². The van der Waals surface area contributed by atoms with Crippen molar-refractivity contribution in [3.63, 3.8) is 0 Å². The zero-order valence-corrected chi connectivity index (χ0v) is 13.4. The summed E-state index contributed by atoms with van der Waals surface area (Å²) >= 11 is 0. The number of carboxylic acids is 1. The van der Waals surface area contributed by atoms with E-state index in [2.05, 4.69) is 10.6 Å². The van der Waals surface area contributed by atoms with E-state index in [1.54, 1.807) is 7.11 Å². The van der Waals surface area contributed by atoms with E-state index in [-0.39, 0.29) is 12.5 Å². The molecule has 0 aliphatic rings. The Hall–Kier alpha value is -2.12. The SMILES string of the molecule is COc1ccc(CNCC(=O)NC(CCCCN)C(=O)O)cc1. The fourth-order valence-electron chi connectivity index (χ4n) is 2.06. The van der Waals surface area contributed by atoms with Crippen LogP contribution in [0.4, 0.5) is 0 Å². The van der Waals surface area contributed by atoms with Gasteiger partial charge in [-0.05, 0) is 43.5 Å². The number of ether oxygens (including phenoxy) is 1. The van der Waals surface area contributed by atoms with Crippen molar-refractivity contribution < 1.29 is 19.4 Å². The standard InChI is InChI=1S/C16H25N3O4/c1-23-13-7-5-12(6-8-13)10-18-11-15(20)19-14(16(21)22)4-2-3-9-17/h5-8,14,18H,2-4,9-11,17H2,1H3,(H,19,20)(H,21,22). The minimum Gasteiger partial charge on any atom is -0.497 e. The van der Waals surface area contributed by atoms with Crippen molar-refractivity contribution in [1.29, 1.82) is 0 Å². The highest BCUT2D eigenvalue weighted by Gasteiger charge is 2.18. The number of carboxylic acid groups (broad SMARTS) is 1. The van der Waals surface area contributed by atoms with Gasteiger partial charge in [0.2, 0.25) is 5.91 Å². The third-order valence-corrected chi connectivity index (χ3v) is 3.35. The zero-order valence-electron chi connectivity index (χ0n) is 13.4. The second-order valence-corrected chi connectivity index (χ2v) is 5.19. The molecule has 7 heteroatoms. The van der Waals surface area contributed by atoms with Crippen LogP contribution in [0.1, 0.15) is 24.8 Å². The largest absolute Gasteiger partial charge is 0.497 e. The Labute approximate surface area is 136 Å². The third kappa shape index (κ3) is 7.62. The van der Waals surface area contributed by atoms with Crippen molar-refractivity contribution in [3.05, 3.63) is 29.8 Å². The van der Waals surface area contributed by atoms with Crippen molar-refractivity contribution in [2.45, 2.75) is 31.8 Å². The fraction of sp³-hybridized carbons (Fsp3) is 0.500. The second-order valence-electron chi connectivity index (χ2n) is 5.19. The topological polar surface area (TPSA) is 114 Å². The first-order chi connectivity index (χ1) is 11.1. The van der Waals surface area contributed by atoms with E-state index < -0.39 is 12.0 Å². The number of nitrogens with one attached hydrogen (secondary N) is 2. The maximum Gasteiger partial charge on any atom is 0.326 e. The van der Waals surface area contributed by atoms with Gasteiger partial charge in [0, 0.05) is 6.54 Å². The number of benzene rings is 1. The Bertz CT molecular complexity index is 491. The van der Waals surface area contributed by atoms with Gasteiger partial charge < -0.3 is 26.2 Å². The maximum absolute atomic E-state index is 11.8. The molecule has 23 heavy (non-hydrogen) atoms. The Kier molecular flexibility index (Phi) is 8.71. The van der Waals surface area contributed by atoms with Crippen LogP contribution in [0.25, 0.3) is 0 Å². The van der Waals surface area contributed by atoms with Crippen molar-refractivity contribution >= 4 is 11.9 Å². The Morgan fingerprint density at radius 1 is 1.26 bits per heavy atom. The summed E-state index contributed by atoms with van der Waals surface area (Å²) in [6.45, 7) is 1.10.